The minimum Gasteiger partial charge on any atom is -0.390 e. The van der Waals surface area contributed by atoms with E-state index in [0.717, 1.165) is 19.3 Å². The van der Waals surface area contributed by atoms with Gasteiger partial charge >= 0.3 is 0 Å². The number of aliphatic hydroxyl groups excluding tert-OH is 1. The van der Waals surface area contributed by atoms with E-state index < -0.39 is 15.9 Å². The van der Waals surface area contributed by atoms with Gasteiger partial charge in [0.05, 0.1) is 17.5 Å². The van der Waals surface area contributed by atoms with E-state index in [1.54, 1.807) is 0 Å². The highest BCUT2D eigenvalue weighted by atomic mass is 32.2. The summed E-state index contributed by atoms with van der Waals surface area (Å²) in [7, 11) is -2.98. The van der Waals surface area contributed by atoms with Gasteiger partial charge in [0.15, 0.2) is 0 Å². The van der Waals surface area contributed by atoms with Crippen LogP contribution < -0.4 is 0 Å². The maximum Gasteiger partial charge on any atom is 0.150 e. The molecule has 0 aromatic rings. The van der Waals surface area contributed by atoms with Crippen molar-refractivity contribution in [2.45, 2.75) is 57.0 Å². The van der Waals surface area contributed by atoms with Crippen LogP contribution >= 0.6 is 0 Å². The molecule has 0 aromatic heterocycles. The third-order valence-electron chi connectivity index (χ3n) is 3.67. The molecule has 0 heterocycles. The molecular formula is C12H24O4S. The summed E-state index contributed by atoms with van der Waals surface area (Å²) in [6.45, 7) is 4.31. The van der Waals surface area contributed by atoms with Gasteiger partial charge < -0.3 is 9.84 Å². The third kappa shape index (κ3) is 4.23. The minimum absolute atomic E-state index is 0.0463. The van der Waals surface area contributed by atoms with Gasteiger partial charge in [0.1, 0.15) is 9.84 Å². The zero-order valence-electron chi connectivity index (χ0n) is 10.9. The molecule has 1 saturated carbocycles. The standard InChI is InChI=1S/C12H24O4S/c1-4-16-9(2)12(13)10-6-5-7-11(8-10)17(3,14)15/h9-13H,4-8H2,1-3H3. The molecule has 102 valence electrons. The van der Waals surface area contributed by atoms with Crippen LogP contribution in [0.3, 0.4) is 0 Å². The molecule has 0 amide bonds. The predicted molar refractivity (Wildman–Crippen MR) is 67.7 cm³/mol. The molecule has 1 fully saturated rings. The Balaban J connectivity index is 2.60. The summed E-state index contributed by atoms with van der Waals surface area (Å²) in [5.41, 5.74) is 0. The number of hydrogen-bond acceptors (Lipinski definition) is 4. The lowest BCUT2D eigenvalue weighted by molar-refractivity contribution is -0.0549. The van der Waals surface area contributed by atoms with E-state index in [2.05, 4.69) is 0 Å². The van der Waals surface area contributed by atoms with Gasteiger partial charge in [-0.05, 0) is 39.0 Å². The van der Waals surface area contributed by atoms with Gasteiger partial charge in [0.25, 0.3) is 0 Å². The van der Waals surface area contributed by atoms with Crippen molar-refractivity contribution in [1.29, 1.82) is 0 Å². The quantitative estimate of drug-likeness (QED) is 0.814. The smallest absolute Gasteiger partial charge is 0.150 e. The second-order valence-electron chi connectivity index (χ2n) is 5.03. The first kappa shape index (κ1) is 14.9. The largest absolute Gasteiger partial charge is 0.390 e. The summed E-state index contributed by atoms with van der Waals surface area (Å²) in [5.74, 6) is 0.0463. The normalized spacial score (nSPS) is 29.9. The van der Waals surface area contributed by atoms with Crippen LogP contribution in [0, 0.1) is 5.92 Å². The van der Waals surface area contributed by atoms with Gasteiger partial charge in [0.2, 0.25) is 0 Å². The van der Waals surface area contributed by atoms with Crippen molar-refractivity contribution >= 4 is 9.84 Å². The molecule has 4 nitrogen and oxygen atoms in total. The monoisotopic (exact) mass is 264 g/mol. The summed E-state index contributed by atoms with van der Waals surface area (Å²) in [6, 6.07) is 0. The summed E-state index contributed by atoms with van der Waals surface area (Å²) < 4.78 is 28.5. The fourth-order valence-corrected chi connectivity index (χ4v) is 3.82. The number of aliphatic hydroxyl groups is 1. The SMILES string of the molecule is CCOC(C)C(O)C1CCCC(S(C)(=O)=O)C1. The summed E-state index contributed by atoms with van der Waals surface area (Å²) >= 11 is 0. The van der Waals surface area contributed by atoms with E-state index >= 15 is 0 Å². The van der Waals surface area contributed by atoms with Gasteiger partial charge in [-0.2, -0.15) is 0 Å². The Labute approximate surface area is 104 Å². The van der Waals surface area contributed by atoms with Gasteiger partial charge in [-0.25, -0.2) is 8.42 Å². The Morgan fingerprint density at radius 3 is 2.59 bits per heavy atom. The summed E-state index contributed by atoms with van der Waals surface area (Å²) in [4.78, 5) is 0. The van der Waals surface area contributed by atoms with Crippen molar-refractivity contribution in [1.82, 2.24) is 0 Å². The lowest BCUT2D eigenvalue weighted by Gasteiger charge is -2.33. The van der Waals surface area contributed by atoms with E-state index in [-0.39, 0.29) is 17.3 Å². The van der Waals surface area contributed by atoms with E-state index in [0.29, 0.717) is 13.0 Å². The first-order chi connectivity index (χ1) is 7.86. The van der Waals surface area contributed by atoms with E-state index in [1.165, 1.54) is 6.26 Å². The molecule has 5 heteroatoms. The van der Waals surface area contributed by atoms with Crippen molar-refractivity contribution < 1.29 is 18.3 Å². The van der Waals surface area contributed by atoms with Crippen molar-refractivity contribution in [2.75, 3.05) is 12.9 Å². The lowest BCUT2D eigenvalue weighted by Crippen LogP contribution is -2.39. The van der Waals surface area contributed by atoms with Crippen LogP contribution in [-0.2, 0) is 14.6 Å². The van der Waals surface area contributed by atoms with Crippen LogP contribution in [-0.4, -0.2) is 43.8 Å². The second kappa shape index (κ2) is 6.16. The molecular weight excluding hydrogens is 240 g/mol. The van der Waals surface area contributed by atoms with Crippen LogP contribution in [0.4, 0.5) is 0 Å². The average molecular weight is 264 g/mol. The molecule has 0 spiro atoms. The van der Waals surface area contributed by atoms with Gasteiger partial charge in [-0.3, -0.25) is 0 Å². The molecule has 1 aliphatic carbocycles. The number of hydrogen-bond donors (Lipinski definition) is 1. The molecule has 1 aliphatic rings. The van der Waals surface area contributed by atoms with Crippen molar-refractivity contribution in [2.24, 2.45) is 5.92 Å². The predicted octanol–water partition coefficient (Wildman–Crippen LogP) is 1.38. The molecule has 4 atom stereocenters. The zero-order valence-corrected chi connectivity index (χ0v) is 11.7. The van der Waals surface area contributed by atoms with Crippen LogP contribution in [0.1, 0.15) is 39.5 Å². The average Bonchev–Trinajstić information content (AvgIpc) is 2.27. The Bertz CT molecular complexity index is 325. The Hall–Kier alpha value is -0.130. The Morgan fingerprint density at radius 1 is 1.41 bits per heavy atom. The van der Waals surface area contributed by atoms with E-state index in [9.17, 15) is 13.5 Å². The molecule has 1 N–H and O–H groups in total. The van der Waals surface area contributed by atoms with Crippen molar-refractivity contribution in [3.8, 4) is 0 Å². The molecule has 0 aromatic carbocycles. The lowest BCUT2D eigenvalue weighted by atomic mass is 9.83. The number of sulfone groups is 1. The molecule has 17 heavy (non-hydrogen) atoms. The van der Waals surface area contributed by atoms with Gasteiger partial charge in [-0.15, -0.1) is 0 Å². The molecule has 0 radical (unpaired) electrons. The van der Waals surface area contributed by atoms with Crippen molar-refractivity contribution in [3.05, 3.63) is 0 Å². The van der Waals surface area contributed by atoms with Crippen LogP contribution in [0.25, 0.3) is 0 Å². The maximum absolute atomic E-state index is 11.5. The van der Waals surface area contributed by atoms with Crippen LogP contribution in [0.5, 0.6) is 0 Å². The highest BCUT2D eigenvalue weighted by Crippen LogP contribution is 2.32. The molecule has 4 unspecified atom stereocenters. The first-order valence-electron chi connectivity index (χ1n) is 6.34. The van der Waals surface area contributed by atoms with E-state index in [1.807, 2.05) is 13.8 Å². The Kier molecular flexibility index (Phi) is 5.41. The van der Waals surface area contributed by atoms with Crippen molar-refractivity contribution in [3.63, 3.8) is 0 Å². The highest BCUT2D eigenvalue weighted by molar-refractivity contribution is 7.91. The van der Waals surface area contributed by atoms with Gasteiger partial charge in [-0.1, -0.05) is 6.42 Å². The Morgan fingerprint density at radius 2 is 2.06 bits per heavy atom. The number of ether oxygens (including phenoxy) is 1. The molecule has 0 aliphatic heterocycles. The first-order valence-corrected chi connectivity index (χ1v) is 8.30. The molecule has 1 rings (SSSR count). The maximum atomic E-state index is 11.5. The summed E-state index contributed by atoms with van der Waals surface area (Å²) in [5, 5.41) is 9.85. The second-order valence-corrected chi connectivity index (χ2v) is 7.35. The molecule has 0 bridgehead atoms. The van der Waals surface area contributed by atoms with Crippen LogP contribution in [0.15, 0.2) is 0 Å². The molecule has 0 saturated heterocycles. The fourth-order valence-electron chi connectivity index (χ4n) is 2.62. The minimum atomic E-state index is -2.98. The highest BCUT2D eigenvalue weighted by Gasteiger charge is 2.34. The zero-order chi connectivity index (χ0) is 13.1. The van der Waals surface area contributed by atoms with E-state index in [4.69, 9.17) is 4.74 Å². The topological polar surface area (TPSA) is 63.6 Å². The third-order valence-corrected chi connectivity index (χ3v) is 5.30. The number of rotatable bonds is 5. The fraction of sp³-hybridized carbons (Fsp3) is 1.00. The van der Waals surface area contributed by atoms with Crippen LogP contribution in [0.2, 0.25) is 0 Å². The summed E-state index contributed by atoms with van der Waals surface area (Å²) in [6.07, 6.45) is 3.58. The van der Waals surface area contributed by atoms with Gasteiger partial charge in [0, 0.05) is 12.9 Å².